The lowest BCUT2D eigenvalue weighted by molar-refractivity contribution is 0.0877. The summed E-state index contributed by atoms with van der Waals surface area (Å²) >= 11 is 0. The highest BCUT2D eigenvalue weighted by molar-refractivity contribution is 5.31. The van der Waals surface area contributed by atoms with Gasteiger partial charge in [-0.3, -0.25) is 5.84 Å². The van der Waals surface area contributed by atoms with E-state index in [4.69, 9.17) is 16.8 Å². The molecule has 2 aromatic carbocycles. The minimum Gasteiger partial charge on any atom is -0.390 e. The molecule has 0 saturated carbocycles. The van der Waals surface area contributed by atoms with Crippen molar-refractivity contribution in [3.05, 3.63) is 71.3 Å². The van der Waals surface area contributed by atoms with Crippen molar-refractivity contribution in [3.63, 3.8) is 0 Å². The normalized spacial score (nSPS) is 13.5. The van der Waals surface area contributed by atoms with Crippen LogP contribution in [0.25, 0.3) is 0 Å². The predicted octanol–water partition coefficient (Wildman–Crippen LogP) is 1.16. The Hall–Kier alpha value is -2.23. The summed E-state index contributed by atoms with van der Waals surface area (Å²) in [5, 5.41) is 20.5. The third kappa shape index (κ3) is 5.47. The number of benzene rings is 2. The van der Waals surface area contributed by atoms with Gasteiger partial charge >= 0.3 is 0 Å². The number of hydrazine groups is 1. The second-order valence-corrected chi connectivity index (χ2v) is 5.66. The molecule has 5 heteroatoms. The summed E-state index contributed by atoms with van der Waals surface area (Å²) in [6, 6.07) is 18.8. The first kappa shape index (κ1) is 17.1. The monoisotopic (exact) mass is 310 g/mol. The van der Waals surface area contributed by atoms with E-state index < -0.39 is 6.10 Å². The number of hydrogen-bond acceptors (Lipinski definition) is 5. The Kier molecular flexibility index (Phi) is 6.27. The predicted molar refractivity (Wildman–Crippen MR) is 89.9 cm³/mol. The standard InChI is InChI=1S/C18H22N4O/c19-11-15-6-8-16(9-7-15)12-22(21)13-18(23)17(20)10-14-4-2-1-3-5-14/h1-9,17-18,23H,10,12-13,20-21H2/t17?,18-/m0/s1. The van der Waals surface area contributed by atoms with Crippen LogP contribution in [0.5, 0.6) is 0 Å². The molecule has 0 radical (unpaired) electrons. The number of aliphatic hydroxyl groups excluding tert-OH is 1. The van der Waals surface area contributed by atoms with Crippen LogP contribution in [0.4, 0.5) is 0 Å². The van der Waals surface area contributed by atoms with Gasteiger partial charge in [-0.05, 0) is 29.7 Å². The van der Waals surface area contributed by atoms with E-state index >= 15 is 0 Å². The minimum absolute atomic E-state index is 0.286. The van der Waals surface area contributed by atoms with Gasteiger partial charge in [0.2, 0.25) is 0 Å². The average Bonchev–Trinajstić information content (AvgIpc) is 2.56. The molecule has 120 valence electrons. The van der Waals surface area contributed by atoms with E-state index in [0.29, 0.717) is 18.5 Å². The van der Waals surface area contributed by atoms with Crippen LogP contribution >= 0.6 is 0 Å². The highest BCUT2D eigenvalue weighted by atomic mass is 16.3. The molecule has 0 heterocycles. The molecular weight excluding hydrogens is 288 g/mol. The zero-order valence-electron chi connectivity index (χ0n) is 13.0. The van der Waals surface area contributed by atoms with Gasteiger partial charge in [0, 0.05) is 19.1 Å². The second-order valence-electron chi connectivity index (χ2n) is 5.66. The van der Waals surface area contributed by atoms with E-state index in [1.54, 1.807) is 12.1 Å². The Morgan fingerprint density at radius 2 is 1.70 bits per heavy atom. The fourth-order valence-electron chi connectivity index (χ4n) is 2.38. The molecular formula is C18H22N4O. The number of nitrogens with two attached hydrogens (primary N) is 2. The van der Waals surface area contributed by atoms with E-state index in [-0.39, 0.29) is 12.6 Å². The van der Waals surface area contributed by atoms with Gasteiger partial charge in [-0.1, -0.05) is 42.5 Å². The number of hydrogen-bond donors (Lipinski definition) is 3. The molecule has 1 unspecified atom stereocenters. The number of nitrogens with zero attached hydrogens (tertiary/aromatic N) is 2. The van der Waals surface area contributed by atoms with E-state index in [9.17, 15) is 5.11 Å². The summed E-state index contributed by atoms with van der Waals surface area (Å²) in [5.74, 6) is 5.96. The van der Waals surface area contributed by atoms with Crippen LogP contribution in [0.3, 0.4) is 0 Å². The molecule has 23 heavy (non-hydrogen) atoms. The van der Waals surface area contributed by atoms with Crippen molar-refractivity contribution in [1.82, 2.24) is 5.01 Å². The molecule has 0 bridgehead atoms. The first-order valence-corrected chi connectivity index (χ1v) is 7.54. The van der Waals surface area contributed by atoms with Crippen molar-refractivity contribution in [2.24, 2.45) is 11.6 Å². The van der Waals surface area contributed by atoms with Crippen molar-refractivity contribution in [2.75, 3.05) is 6.54 Å². The fraction of sp³-hybridized carbons (Fsp3) is 0.278. The van der Waals surface area contributed by atoms with Gasteiger partial charge in [-0.15, -0.1) is 0 Å². The molecule has 2 atom stereocenters. The van der Waals surface area contributed by atoms with E-state index in [0.717, 1.165) is 11.1 Å². The maximum Gasteiger partial charge on any atom is 0.0991 e. The molecule has 5 nitrogen and oxygen atoms in total. The van der Waals surface area contributed by atoms with Crippen molar-refractivity contribution in [1.29, 1.82) is 5.26 Å². The third-order valence-electron chi connectivity index (χ3n) is 3.70. The Bertz CT molecular complexity index is 636. The van der Waals surface area contributed by atoms with Crippen LogP contribution in [0.15, 0.2) is 54.6 Å². The van der Waals surface area contributed by atoms with E-state index in [1.807, 2.05) is 42.5 Å². The highest BCUT2D eigenvalue weighted by Crippen LogP contribution is 2.08. The summed E-state index contributed by atoms with van der Waals surface area (Å²) < 4.78 is 0. The van der Waals surface area contributed by atoms with Crippen LogP contribution in [-0.2, 0) is 13.0 Å². The molecule has 0 spiro atoms. The molecule has 0 aliphatic heterocycles. The van der Waals surface area contributed by atoms with Crippen LogP contribution in [0.1, 0.15) is 16.7 Å². The van der Waals surface area contributed by atoms with Gasteiger partial charge in [0.1, 0.15) is 0 Å². The lowest BCUT2D eigenvalue weighted by Crippen LogP contribution is -2.46. The van der Waals surface area contributed by atoms with Crippen LogP contribution in [-0.4, -0.2) is 28.8 Å². The maximum absolute atomic E-state index is 10.2. The van der Waals surface area contributed by atoms with Gasteiger partial charge in [-0.25, -0.2) is 5.01 Å². The maximum atomic E-state index is 10.2. The first-order chi connectivity index (χ1) is 11.1. The molecule has 2 rings (SSSR count). The van der Waals surface area contributed by atoms with Gasteiger partial charge in [0.15, 0.2) is 0 Å². The Morgan fingerprint density at radius 1 is 1.04 bits per heavy atom. The topological polar surface area (TPSA) is 99.3 Å². The fourth-order valence-corrected chi connectivity index (χ4v) is 2.38. The Labute approximate surface area is 136 Å². The minimum atomic E-state index is -0.710. The molecule has 0 saturated heterocycles. The molecule has 0 fully saturated rings. The molecule has 2 aromatic rings. The van der Waals surface area contributed by atoms with Crippen LogP contribution in [0, 0.1) is 11.3 Å². The second kappa shape index (κ2) is 8.42. The third-order valence-corrected chi connectivity index (χ3v) is 3.70. The Balaban J connectivity index is 1.83. The summed E-state index contributed by atoms with van der Waals surface area (Å²) in [7, 11) is 0. The molecule has 5 N–H and O–H groups in total. The van der Waals surface area contributed by atoms with Crippen LogP contribution in [0.2, 0.25) is 0 Å². The van der Waals surface area contributed by atoms with E-state index in [1.165, 1.54) is 5.01 Å². The van der Waals surface area contributed by atoms with Gasteiger partial charge in [0.05, 0.1) is 17.7 Å². The zero-order chi connectivity index (χ0) is 16.7. The summed E-state index contributed by atoms with van der Waals surface area (Å²) in [6.45, 7) is 0.773. The lowest BCUT2D eigenvalue weighted by Gasteiger charge is -2.24. The average molecular weight is 310 g/mol. The smallest absolute Gasteiger partial charge is 0.0991 e. The van der Waals surface area contributed by atoms with Gasteiger partial charge in [0.25, 0.3) is 0 Å². The largest absolute Gasteiger partial charge is 0.390 e. The van der Waals surface area contributed by atoms with E-state index in [2.05, 4.69) is 6.07 Å². The lowest BCUT2D eigenvalue weighted by atomic mass is 10.0. The summed E-state index contributed by atoms with van der Waals surface area (Å²) in [6.07, 6.45) is -0.106. The molecule has 0 aliphatic carbocycles. The van der Waals surface area contributed by atoms with Crippen molar-refractivity contribution < 1.29 is 5.11 Å². The molecule has 0 aromatic heterocycles. The van der Waals surface area contributed by atoms with Crippen LogP contribution < -0.4 is 11.6 Å². The van der Waals surface area contributed by atoms with Gasteiger partial charge in [-0.2, -0.15) is 5.26 Å². The Morgan fingerprint density at radius 3 is 2.30 bits per heavy atom. The van der Waals surface area contributed by atoms with Crippen molar-refractivity contribution >= 4 is 0 Å². The van der Waals surface area contributed by atoms with Gasteiger partial charge < -0.3 is 10.8 Å². The molecule has 0 aliphatic rings. The summed E-state index contributed by atoms with van der Waals surface area (Å²) in [5.41, 5.74) is 8.75. The quantitative estimate of drug-likeness (QED) is 0.526. The molecule has 0 amide bonds. The van der Waals surface area contributed by atoms with Crippen molar-refractivity contribution in [2.45, 2.75) is 25.1 Å². The SMILES string of the molecule is N#Cc1ccc(CN(N)C[C@H](O)C(N)Cc2ccccc2)cc1. The number of nitriles is 1. The summed E-state index contributed by atoms with van der Waals surface area (Å²) in [4.78, 5) is 0. The number of aliphatic hydroxyl groups is 1. The number of rotatable bonds is 7. The highest BCUT2D eigenvalue weighted by Gasteiger charge is 2.17. The first-order valence-electron chi connectivity index (χ1n) is 7.54. The zero-order valence-corrected chi connectivity index (χ0v) is 13.0. The van der Waals surface area contributed by atoms with Crippen molar-refractivity contribution in [3.8, 4) is 6.07 Å².